The SMILES string of the molecule is CCO/C=C(/C(C)=O)C(=O)OCC.CCOC(=O)c1cnc(-n2cccn2)nc1OCc1ccccc1.CCOC(=O)c1cnc(-n2cccn2)nc1[O-].Cl.N=C(N)n1cccn1.Nc1cnc(-n2cccn2)[nH]c1=O.Nc1cnc(-n2cccn2)[nH]c1=O.O=C(Nc1cnc(-n2cccn2)nc1OCc1ccccc1)OCc1ccccc1.O=C(O)c1cnc(-n2cccn2)nc1OCc1ccccc1.[Na+]. The number of benzene rings is 4. The predicted octanol–water partition coefficient (Wildman–Crippen LogP) is 5.45. The number of carbonyl (C=O) groups excluding carboxylic acids is 5. The Kier molecular flexibility index (Phi) is 44.3. The van der Waals surface area contributed by atoms with Gasteiger partial charge in [0.25, 0.3) is 29.0 Å². The summed E-state index contributed by atoms with van der Waals surface area (Å²) < 4.78 is 51.6. The number of nitrogen functional groups attached to an aromatic ring is 3. The Morgan fingerprint density at radius 2 is 0.782 bits per heavy atom. The third-order valence-corrected chi connectivity index (χ3v) is 17.2. The fourth-order valence-corrected chi connectivity index (χ4v) is 10.6. The summed E-state index contributed by atoms with van der Waals surface area (Å²) in [5, 5.41) is 57.8. The fraction of sp³-hybridized carbons (Fsp3) is 0.143. The summed E-state index contributed by atoms with van der Waals surface area (Å²) in [6.45, 7) is 10.2. The summed E-state index contributed by atoms with van der Waals surface area (Å²) in [5.74, 6) is -2.01. The zero-order valence-electron chi connectivity index (χ0n) is 76.6. The molecule has 13 heterocycles. The first-order valence-electron chi connectivity index (χ1n) is 41.7. The minimum atomic E-state index is -1.14. The van der Waals surface area contributed by atoms with Crippen molar-refractivity contribution < 1.29 is 106 Å². The molecular weight excluding hydrogens is 1870 g/mol. The van der Waals surface area contributed by atoms with Gasteiger partial charge in [-0.15, -0.1) is 12.4 Å². The molecule has 142 heavy (non-hydrogen) atoms. The van der Waals surface area contributed by atoms with Crippen molar-refractivity contribution in [3.63, 3.8) is 0 Å². The van der Waals surface area contributed by atoms with Crippen LogP contribution < -0.4 is 82.5 Å². The Labute approximate surface area is 834 Å². The van der Waals surface area contributed by atoms with E-state index in [2.05, 4.69) is 106 Å². The Morgan fingerprint density at radius 1 is 0.430 bits per heavy atom. The first kappa shape index (κ1) is 109. The van der Waals surface area contributed by atoms with Crippen LogP contribution in [0.25, 0.3) is 35.7 Å². The summed E-state index contributed by atoms with van der Waals surface area (Å²) in [7, 11) is 0. The van der Waals surface area contributed by atoms with Gasteiger partial charge < -0.3 is 65.3 Å². The third kappa shape index (κ3) is 34.6. The molecule has 17 aromatic rings. The molecule has 0 spiro atoms. The second-order valence-electron chi connectivity index (χ2n) is 27.1. The summed E-state index contributed by atoms with van der Waals surface area (Å²) in [5.41, 5.74) is 19.0. The van der Waals surface area contributed by atoms with Crippen LogP contribution >= 0.6 is 12.4 Å². The molecule has 0 aliphatic rings. The van der Waals surface area contributed by atoms with Gasteiger partial charge in [-0.1, -0.05) is 121 Å². The molecule has 17 rings (SSSR count). The van der Waals surface area contributed by atoms with Gasteiger partial charge in [0, 0.05) is 98.8 Å². The minimum Gasteiger partial charge on any atom is -0.858 e. The number of aromatic nitrogens is 26. The van der Waals surface area contributed by atoms with Crippen LogP contribution in [0.15, 0.2) is 309 Å². The van der Waals surface area contributed by atoms with Gasteiger partial charge in [0.2, 0.25) is 41.4 Å². The number of esters is 3. The van der Waals surface area contributed by atoms with E-state index in [0.29, 0.717) is 36.1 Å². The number of ketones is 1. The number of rotatable bonds is 28. The molecule has 0 atom stereocenters. The molecule has 49 nitrogen and oxygen atoms in total. The largest absolute Gasteiger partial charge is 1.00 e. The predicted molar refractivity (Wildman–Crippen MR) is 504 cm³/mol. The molecule has 4 aromatic carbocycles. The van der Waals surface area contributed by atoms with Gasteiger partial charge >= 0.3 is 59.5 Å². The number of nitrogens with one attached hydrogen (secondary N) is 4. The second kappa shape index (κ2) is 57.9. The number of carboxylic acid groups (broad SMARTS) is 1. The number of carboxylic acids is 1. The summed E-state index contributed by atoms with van der Waals surface area (Å²) in [4.78, 5) is 137. The van der Waals surface area contributed by atoms with E-state index in [1.165, 1.54) is 76.9 Å². The summed E-state index contributed by atoms with van der Waals surface area (Å²) in [6.07, 6.45) is 31.1. The molecular formula is C91H91ClN31NaO18. The molecule has 13 aromatic heterocycles. The van der Waals surface area contributed by atoms with Crippen molar-refractivity contribution in [2.45, 2.75) is 61.0 Å². The molecule has 11 N–H and O–H groups in total. The van der Waals surface area contributed by atoms with Crippen molar-refractivity contribution in [2.75, 3.05) is 43.2 Å². The first-order valence-corrected chi connectivity index (χ1v) is 41.7. The van der Waals surface area contributed by atoms with E-state index in [1.54, 1.807) is 151 Å². The number of ether oxygens (including phenoxy) is 8. The maximum Gasteiger partial charge on any atom is 1.00 e. The van der Waals surface area contributed by atoms with Gasteiger partial charge in [0.15, 0.2) is 5.78 Å². The zero-order valence-corrected chi connectivity index (χ0v) is 79.4. The molecule has 51 heteroatoms. The van der Waals surface area contributed by atoms with Crippen LogP contribution in [0.2, 0.25) is 0 Å². The van der Waals surface area contributed by atoms with Crippen molar-refractivity contribution in [1.29, 1.82) is 5.41 Å². The van der Waals surface area contributed by atoms with Crippen molar-refractivity contribution in [2.24, 2.45) is 5.73 Å². The van der Waals surface area contributed by atoms with Crippen LogP contribution in [0.5, 0.6) is 23.5 Å². The number of carbonyl (C=O) groups is 6. The number of Topliss-reactive ketones (excluding diaryl/α,β-unsaturated/α-hetero) is 1. The van der Waals surface area contributed by atoms with Gasteiger partial charge in [-0.2, -0.15) is 50.6 Å². The van der Waals surface area contributed by atoms with Crippen LogP contribution in [0.4, 0.5) is 21.9 Å². The molecule has 0 unspecified atom stereocenters. The Bertz CT molecular complexity index is 6800. The van der Waals surface area contributed by atoms with Crippen molar-refractivity contribution in [3.8, 4) is 59.2 Å². The molecule has 0 radical (unpaired) electrons. The quantitative estimate of drug-likeness (QED) is 0.00348. The van der Waals surface area contributed by atoms with Crippen molar-refractivity contribution in [3.05, 3.63) is 359 Å². The molecule has 0 bridgehead atoms. The van der Waals surface area contributed by atoms with E-state index in [4.69, 9.17) is 55.8 Å². The van der Waals surface area contributed by atoms with Gasteiger partial charge in [-0.3, -0.25) is 35.1 Å². The summed E-state index contributed by atoms with van der Waals surface area (Å²) in [6, 6.07) is 50.2. The molecule has 0 saturated carbocycles. The molecule has 0 saturated heterocycles. The van der Waals surface area contributed by atoms with E-state index < -0.39 is 35.9 Å². The number of anilines is 3. The van der Waals surface area contributed by atoms with Crippen molar-refractivity contribution >= 4 is 71.2 Å². The number of aromatic amines is 2. The number of aromatic carboxylic acids is 1. The number of halogens is 1. The maximum absolute atomic E-state index is 12.3. The molecule has 0 aliphatic heterocycles. The van der Waals surface area contributed by atoms with Crippen LogP contribution in [-0.2, 0) is 59.7 Å². The standard InChI is InChI=1S/C22H19N5O3.C17H16N4O3.C15H12N4O3.C10H10N4O3.C9H14O4.2C7H7N5O.C4H6N4.ClH.Na/c28-22(30-16-18-10-5-2-6-11-18)25-19-14-23-21(27-13-7-12-24-27)26-20(19)29-15-17-8-3-1-4-9-17;1-2-23-16(22)14-11-18-17(21-10-6-9-19-21)20-15(14)24-12-13-7-4-3-5-8-13;20-14(21)12-9-16-15(19-8-4-7-17-19)18-13(12)22-10-11-5-2-1-3-6-11;1-2-17-9(16)7-6-11-10(13-8(7)15)14-5-3-4-12-14;1-4-12-6-8(7(3)10)9(11)13-5-2;2*8-5-4-9-7(11-6(5)13)12-3-1-2-10-12;5-4(6)8-3-1-2-7-8;;/h1-14H,15-16H2,(H,25,28);3-11H,2,12H2,1H3;1-9H,10H2,(H,20,21);3-6H,2H2,1H3,(H,11,13,15);6H,4-5H2,1-3H3;2*1-4H,8H2,(H,9,11,13);1-3H,(H3,5,6);1H;/q;;;;;;;;;+1/p-1/b;;;;8-6-;;;;;. The van der Waals surface area contributed by atoms with Gasteiger partial charge in [-0.25, -0.2) is 91.6 Å². The monoisotopic (exact) mass is 1960 g/mol. The van der Waals surface area contributed by atoms with E-state index in [-0.39, 0.29) is 174 Å². The van der Waals surface area contributed by atoms with Crippen molar-refractivity contribution in [1.82, 2.24) is 128 Å². The third-order valence-electron chi connectivity index (χ3n) is 17.2. The van der Waals surface area contributed by atoms with Gasteiger partial charge in [0.05, 0.1) is 63.0 Å². The number of amides is 1. The maximum atomic E-state index is 12.3. The topological polar surface area (TPSA) is 653 Å². The van der Waals surface area contributed by atoms with E-state index in [0.717, 1.165) is 34.7 Å². The molecule has 1 amide bonds. The normalized spacial score (nSPS) is 10.1. The number of nitrogens with two attached hydrogens (primary N) is 3. The average molecular weight is 1970 g/mol. The number of hydrogen-bond acceptors (Lipinski definition) is 37. The molecule has 0 aliphatic carbocycles. The smallest absolute Gasteiger partial charge is 0.858 e. The van der Waals surface area contributed by atoms with E-state index in [1.807, 2.05) is 121 Å². The Morgan fingerprint density at radius 3 is 1.13 bits per heavy atom. The number of nitrogens with zero attached hydrogens (tertiary/aromatic N) is 24. The van der Waals surface area contributed by atoms with Crippen LogP contribution in [-0.4, -0.2) is 202 Å². The van der Waals surface area contributed by atoms with Gasteiger partial charge in [0.1, 0.15) is 66.5 Å². The van der Waals surface area contributed by atoms with Crippen LogP contribution in [0.3, 0.4) is 0 Å². The minimum absolute atomic E-state index is 0. The Balaban J connectivity index is 0.000000203. The fourth-order valence-electron chi connectivity index (χ4n) is 10.6. The second-order valence-corrected chi connectivity index (χ2v) is 27.1. The van der Waals surface area contributed by atoms with Crippen LogP contribution in [0.1, 0.15) is 87.9 Å². The Hall–Kier alpha value is -18.6. The average Bonchev–Trinajstić information content (AvgIpc) is 1.28. The number of hydrogen-bond donors (Lipinski definition) is 8. The zero-order chi connectivity index (χ0) is 99.8. The first-order chi connectivity index (χ1) is 68.0. The van der Waals surface area contributed by atoms with E-state index in [9.17, 15) is 48.6 Å². The molecule has 0 fully saturated rings. The van der Waals surface area contributed by atoms with E-state index >= 15 is 0 Å². The van der Waals surface area contributed by atoms with Crippen LogP contribution in [0, 0.1) is 5.41 Å². The summed E-state index contributed by atoms with van der Waals surface area (Å²) >= 11 is 0. The molecule has 726 valence electrons. The van der Waals surface area contributed by atoms with Gasteiger partial charge in [-0.05, 0) is 99.3 Å². The number of H-pyrrole nitrogens is 2.